The van der Waals surface area contributed by atoms with Gasteiger partial charge in [-0.1, -0.05) is 27.2 Å². The Morgan fingerprint density at radius 1 is 1.13 bits per heavy atom. The molecule has 15 heavy (non-hydrogen) atoms. The van der Waals surface area contributed by atoms with Gasteiger partial charge in [0.25, 0.3) is 0 Å². The molecule has 0 fully saturated rings. The lowest BCUT2D eigenvalue weighted by molar-refractivity contribution is 0.449. The molecule has 0 aromatic heterocycles. The van der Waals surface area contributed by atoms with Crippen LogP contribution in [-0.2, 0) is 9.84 Å². The average molecular weight is 235 g/mol. The standard InChI is InChI=1S/C11H25NO2S/c1-4-8-15(13,14)9-6-5-7-11(12)10(2)3/h10-11H,4-9,12H2,1-3H3. The van der Waals surface area contributed by atoms with E-state index < -0.39 is 9.84 Å². The number of hydrogen-bond donors (Lipinski definition) is 1. The van der Waals surface area contributed by atoms with E-state index in [1.54, 1.807) is 0 Å². The van der Waals surface area contributed by atoms with Gasteiger partial charge in [-0.05, 0) is 25.2 Å². The summed E-state index contributed by atoms with van der Waals surface area (Å²) in [6.45, 7) is 6.09. The molecule has 0 aliphatic rings. The first-order valence-electron chi connectivity index (χ1n) is 5.85. The maximum atomic E-state index is 11.4. The molecule has 3 nitrogen and oxygen atoms in total. The first kappa shape index (κ1) is 14.9. The second-order valence-electron chi connectivity index (χ2n) is 4.56. The summed E-state index contributed by atoms with van der Waals surface area (Å²) in [6.07, 6.45) is 3.32. The molecule has 0 heterocycles. The van der Waals surface area contributed by atoms with Crippen LogP contribution in [-0.4, -0.2) is 26.0 Å². The van der Waals surface area contributed by atoms with Gasteiger partial charge in [-0.3, -0.25) is 0 Å². The predicted molar refractivity (Wildman–Crippen MR) is 65.6 cm³/mol. The number of hydrogen-bond acceptors (Lipinski definition) is 3. The molecule has 0 saturated heterocycles. The van der Waals surface area contributed by atoms with E-state index in [1.807, 2.05) is 6.92 Å². The smallest absolute Gasteiger partial charge is 0.150 e. The van der Waals surface area contributed by atoms with Crippen molar-refractivity contribution in [2.24, 2.45) is 11.7 Å². The van der Waals surface area contributed by atoms with Crippen molar-refractivity contribution >= 4 is 9.84 Å². The minimum absolute atomic E-state index is 0.207. The summed E-state index contributed by atoms with van der Waals surface area (Å²) in [4.78, 5) is 0. The highest BCUT2D eigenvalue weighted by atomic mass is 32.2. The van der Waals surface area contributed by atoms with Crippen LogP contribution >= 0.6 is 0 Å². The van der Waals surface area contributed by atoms with Gasteiger partial charge >= 0.3 is 0 Å². The fourth-order valence-electron chi connectivity index (χ4n) is 1.45. The summed E-state index contributed by atoms with van der Waals surface area (Å²) in [7, 11) is -2.79. The molecular weight excluding hydrogens is 210 g/mol. The van der Waals surface area contributed by atoms with Gasteiger partial charge in [0.15, 0.2) is 0 Å². The van der Waals surface area contributed by atoms with Crippen LogP contribution in [0.1, 0.15) is 46.5 Å². The van der Waals surface area contributed by atoms with Crippen molar-refractivity contribution in [2.45, 2.75) is 52.5 Å². The summed E-state index contributed by atoms with van der Waals surface area (Å²) in [5, 5.41) is 0. The summed E-state index contributed by atoms with van der Waals surface area (Å²) in [5.41, 5.74) is 5.88. The number of rotatable bonds is 8. The Morgan fingerprint density at radius 2 is 1.73 bits per heavy atom. The normalized spacial score (nSPS) is 14.5. The lowest BCUT2D eigenvalue weighted by Gasteiger charge is -2.14. The molecule has 0 radical (unpaired) electrons. The van der Waals surface area contributed by atoms with Gasteiger partial charge in [-0.2, -0.15) is 0 Å². The lowest BCUT2D eigenvalue weighted by Crippen LogP contribution is -2.26. The molecule has 0 aliphatic carbocycles. The molecule has 0 aromatic rings. The Morgan fingerprint density at radius 3 is 2.20 bits per heavy atom. The zero-order valence-electron chi connectivity index (χ0n) is 10.2. The lowest BCUT2D eigenvalue weighted by atomic mass is 10.00. The fourth-order valence-corrected chi connectivity index (χ4v) is 2.92. The van der Waals surface area contributed by atoms with Crippen molar-refractivity contribution in [3.05, 3.63) is 0 Å². The van der Waals surface area contributed by atoms with Gasteiger partial charge in [0.2, 0.25) is 0 Å². The number of nitrogens with two attached hydrogens (primary N) is 1. The SMILES string of the molecule is CCCS(=O)(=O)CCCCC(N)C(C)C. The van der Waals surface area contributed by atoms with Gasteiger partial charge in [0.05, 0.1) is 5.75 Å². The first-order chi connectivity index (χ1) is 6.89. The van der Waals surface area contributed by atoms with Gasteiger partial charge in [-0.25, -0.2) is 8.42 Å². The van der Waals surface area contributed by atoms with E-state index in [0.29, 0.717) is 23.8 Å². The van der Waals surface area contributed by atoms with Crippen LogP contribution in [0.2, 0.25) is 0 Å². The topological polar surface area (TPSA) is 60.2 Å². The molecule has 0 rings (SSSR count). The van der Waals surface area contributed by atoms with Crippen LogP contribution in [0.5, 0.6) is 0 Å². The monoisotopic (exact) mass is 235 g/mol. The van der Waals surface area contributed by atoms with E-state index in [4.69, 9.17) is 5.73 Å². The van der Waals surface area contributed by atoms with Crippen molar-refractivity contribution in [3.63, 3.8) is 0 Å². The third-order valence-corrected chi connectivity index (χ3v) is 4.56. The molecular formula is C11H25NO2S. The molecule has 1 unspecified atom stereocenters. The highest BCUT2D eigenvalue weighted by Crippen LogP contribution is 2.08. The largest absolute Gasteiger partial charge is 0.327 e. The molecule has 0 saturated carbocycles. The minimum Gasteiger partial charge on any atom is -0.327 e. The van der Waals surface area contributed by atoms with Gasteiger partial charge < -0.3 is 5.73 Å². The van der Waals surface area contributed by atoms with Gasteiger partial charge in [0, 0.05) is 11.8 Å². The van der Waals surface area contributed by atoms with Crippen LogP contribution in [0.25, 0.3) is 0 Å². The molecule has 0 aliphatic heterocycles. The van der Waals surface area contributed by atoms with Crippen molar-refractivity contribution in [1.29, 1.82) is 0 Å². The third-order valence-electron chi connectivity index (χ3n) is 2.61. The Kier molecular flexibility index (Phi) is 7.18. The van der Waals surface area contributed by atoms with Crippen LogP contribution < -0.4 is 5.73 Å². The quantitative estimate of drug-likeness (QED) is 0.654. The molecule has 0 amide bonds. The summed E-state index contributed by atoms with van der Waals surface area (Å²) in [5.74, 6) is 1.13. The predicted octanol–water partition coefficient (Wildman–Crippen LogP) is 1.96. The van der Waals surface area contributed by atoms with Gasteiger partial charge in [0.1, 0.15) is 9.84 Å². The van der Waals surface area contributed by atoms with Crippen LogP contribution in [0.3, 0.4) is 0 Å². The van der Waals surface area contributed by atoms with Crippen molar-refractivity contribution in [1.82, 2.24) is 0 Å². The second kappa shape index (κ2) is 7.23. The van der Waals surface area contributed by atoms with Gasteiger partial charge in [-0.15, -0.1) is 0 Å². The summed E-state index contributed by atoms with van der Waals surface area (Å²) < 4.78 is 22.8. The molecule has 0 aromatic carbocycles. The highest BCUT2D eigenvalue weighted by Gasteiger charge is 2.10. The molecule has 0 spiro atoms. The van der Waals surface area contributed by atoms with E-state index in [9.17, 15) is 8.42 Å². The van der Waals surface area contributed by atoms with Crippen LogP contribution in [0.4, 0.5) is 0 Å². The Labute approximate surface area is 94.4 Å². The Hall–Kier alpha value is -0.0900. The third kappa shape index (κ3) is 7.79. The first-order valence-corrected chi connectivity index (χ1v) is 7.67. The van der Waals surface area contributed by atoms with E-state index >= 15 is 0 Å². The fraction of sp³-hybridized carbons (Fsp3) is 1.00. The van der Waals surface area contributed by atoms with Crippen LogP contribution in [0.15, 0.2) is 0 Å². The highest BCUT2D eigenvalue weighted by molar-refractivity contribution is 7.91. The van der Waals surface area contributed by atoms with E-state index in [2.05, 4.69) is 13.8 Å². The molecule has 4 heteroatoms. The molecule has 92 valence electrons. The average Bonchev–Trinajstić information content (AvgIpc) is 2.11. The van der Waals surface area contributed by atoms with E-state index in [1.165, 1.54) is 0 Å². The van der Waals surface area contributed by atoms with Crippen molar-refractivity contribution in [2.75, 3.05) is 11.5 Å². The van der Waals surface area contributed by atoms with Crippen molar-refractivity contribution < 1.29 is 8.42 Å². The molecule has 2 N–H and O–H groups in total. The maximum absolute atomic E-state index is 11.4. The number of unbranched alkanes of at least 4 members (excludes halogenated alkanes) is 1. The second-order valence-corrected chi connectivity index (χ2v) is 6.86. The number of sulfone groups is 1. The Balaban J connectivity index is 3.63. The van der Waals surface area contributed by atoms with E-state index in [0.717, 1.165) is 19.3 Å². The van der Waals surface area contributed by atoms with Crippen LogP contribution in [0, 0.1) is 5.92 Å². The summed E-state index contributed by atoms with van der Waals surface area (Å²) >= 11 is 0. The molecule has 0 bridgehead atoms. The Bertz CT molecular complexity index is 247. The molecule has 1 atom stereocenters. The van der Waals surface area contributed by atoms with Crippen molar-refractivity contribution in [3.8, 4) is 0 Å². The minimum atomic E-state index is -2.79. The zero-order chi connectivity index (χ0) is 11.9. The zero-order valence-corrected chi connectivity index (χ0v) is 11.0. The summed E-state index contributed by atoms with van der Waals surface area (Å²) in [6, 6.07) is 0.207. The maximum Gasteiger partial charge on any atom is 0.150 e. The van der Waals surface area contributed by atoms with E-state index in [-0.39, 0.29) is 6.04 Å².